The number of anilines is 2. The Hall–Kier alpha value is -4.59. The number of aromatic nitrogens is 4. The van der Waals surface area contributed by atoms with Crippen LogP contribution in [0.25, 0.3) is 44.3 Å². The number of morpholine rings is 1. The van der Waals surface area contributed by atoms with Gasteiger partial charge in [-0.3, -0.25) is 10.00 Å². The summed E-state index contributed by atoms with van der Waals surface area (Å²) in [5.74, 6) is 1.50. The number of H-pyrrole nitrogens is 1. The molecule has 0 amide bonds. The molecule has 7 nitrogen and oxygen atoms in total. The summed E-state index contributed by atoms with van der Waals surface area (Å²) in [5.41, 5.74) is 7.52. The van der Waals surface area contributed by atoms with Crippen LogP contribution in [0.4, 0.5) is 11.5 Å². The molecule has 0 atom stereocenters. The highest BCUT2D eigenvalue weighted by Gasteiger charge is 2.13. The van der Waals surface area contributed by atoms with Crippen molar-refractivity contribution in [3.05, 3.63) is 103 Å². The van der Waals surface area contributed by atoms with Crippen LogP contribution in [0.2, 0.25) is 0 Å². The molecule has 2 aromatic heterocycles. The molecule has 0 bridgehead atoms. The lowest BCUT2D eigenvalue weighted by Crippen LogP contribution is -2.36. The predicted octanol–water partition coefficient (Wildman–Crippen LogP) is 7.48. The van der Waals surface area contributed by atoms with E-state index in [1.165, 1.54) is 16.7 Å². The van der Waals surface area contributed by atoms with Crippen LogP contribution in [0.3, 0.4) is 0 Å². The van der Waals surface area contributed by atoms with E-state index in [0.717, 1.165) is 84.6 Å². The highest BCUT2D eigenvalue weighted by Crippen LogP contribution is 2.30. The molecular weight excluding hydrogens is 520 g/mol. The summed E-state index contributed by atoms with van der Waals surface area (Å²) >= 11 is 0. The molecule has 4 aromatic carbocycles. The number of nitrogens with one attached hydrogen (secondary N) is 2. The van der Waals surface area contributed by atoms with E-state index in [9.17, 15) is 0 Å². The summed E-state index contributed by atoms with van der Waals surface area (Å²) < 4.78 is 5.49. The maximum atomic E-state index is 5.49. The van der Waals surface area contributed by atoms with Crippen LogP contribution in [-0.2, 0) is 11.2 Å². The largest absolute Gasteiger partial charge is 0.379 e. The first-order chi connectivity index (χ1) is 20.3. The highest BCUT2D eigenvalue weighted by atomic mass is 16.5. The second-order valence-corrected chi connectivity index (χ2v) is 10.5. The summed E-state index contributed by atoms with van der Waals surface area (Å²) in [6.45, 7) is 4.81. The molecule has 7 rings (SSSR count). The maximum absolute atomic E-state index is 5.49. The van der Waals surface area contributed by atoms with Gasteiger partial charge in [0, 0.05) is 35.1 Å². The van der Waals surface area contributed by atoms with Crippen LogP contribution in [0.5, 0.6) is 0 Å². The fourth-order valence-corrected chi connectivity index (χ4v) is 5.49. The van der Waals surface area contributed by atoms with Gasteiger partial charge in [0.2, 0.25) is 0 Å². The zero-order chi connectivity index (χ0) is 27.4. The molecule has 0 aliphatic carbocycles. The second kappa shape index (κ2) is 12.5. The number of rotatable bonds is 8. The molecule has 1 saturated heterocycles. The Kier molecular flexibility index (Phi) is 8.21. The minimum absolute atomic E-state index is 0. The smallest absolute Gasteiger partial charge is 0.162 e. The van der Waals surface area contributed by atoms with Gasteiger partial charge in [-0.1, -0.05) is 68.1 Å². The van der Waals surface area contributed by atoms with Gasteiger partial charge in [0.15, 0.2) is 5.82 Å². The van der Waals surface area contributed by atoms with E-state index in [1.807, 2.05) is 18.3 Å². The summed E-state index contributed by atoms with van der Waals surface area (Å²) in [6, 6.07) is 31.6. The van der Waals surface area contributed by atoms with Gasteiger partial charge in [0.25, 0.3) is 0 Å². The SMILES string of the molecule is C.c1ccc(-c2ccc(-c3nc(Nc4ccc5[nH]ncc5c4)c4cc(CCCN5CCOCC5)ccc4n3)cc2)cc1. The third-order valence-corrected chi connectivity index (χ3v) is 7.76. The van der Waals surface area contributed by atoms with Crippen LogP contribution < -0.4 is 5.32 Å². The fourth-order valence-electron chi connectivity index (χ4n) is 5.49. The number of fused-ring (bicyclic) bond motifs is 2. The Balaban J connectivity index is 0.00000316. The average molecular weight is 557 g/mol. The topological polar surface area (TPSA) is 79.0 Å². The Morgan fingerprint density at radius 2 is 1.60 bits per heavy atom. The molecule has 212 valence electrons. The maximum Gasteiger partial charge on any atom is 0.162 e. The monoisotopic (exact) mass is 556 g/mol. The molecule has 1 fully saturated rings. The number of aryl methyl sites for hydroxylation is 1. The van der Waals surface area contributed by atoms with Crippen LogP contribution in [0.15, 0.2) is 97.2 Å². The van der Waals surface area contributed by atoms with Crippen molar-refractivity contribution in [2.45, 2.75) is 20.3 Å². The Bertz CT molecular complexity index is 1780. The Labute approximate surface area is 246 Å². The van der Waals surface area contributed by atoms with Crippen LogP contribution in [0.1, 0.15) is 19.4 Å². The first kappa shape index (κ1) is 27.6. The van der Waals surface area contributed by atoms with E-state index in [-0.39, 0.29) is 7.43 Å². The lowest BCUT2D eigenvalue weighted by atomic mass is 10.0. The molecule has 7 heteroatoms. The zero-order valence-electron chi connectivity index (χ0n) is 22.9. The summed E-state index contributed by atoms with van der Waals surface area (Å²) in [6.07, 6.45) is 3.96. The van der Waals surface area contributed by atoms with Gasteiger partial charge in [-0.2, -0.15) is 5.10 Å². The first-order valence-electron chi connectivity index (χ1n) is 14.3. The predicted molar refractivity (Wildman–Crippen MR) is 172 cm³/mol. The quantitative estimate of drug-likeness (QED) is 0.202. The Morgan fingerprint density at radius 3 is 2.43 bits per heavy atom. The van der Waals surface area contributed by atoms with Gasteiger partial charge in [-0.15, -0.1) is 0 Å². The number of ether oxygens (including phenoxy) is 1. The molecular formula is C35H36N6O. The van der Waals surface area contributed by atoms with E-state index in [0.29, 0.717) is 5.82 Å². The number of benzene rings is 4. The zero-order valence-corrected chi connectivity index (χ0v) is 22.9. The van der Waals surface area contributed by atoms with Gasteiger partial charge in [-0.25, -0.2) is 9.97 Å². The Morgan fingerprint density at radius 1 is 0.810 bits per heavy atom. The molecule has 2 N–H and O–H groups in total. The van der Waals surface area contributed by atoms with E-state index in [1.54, 1.807) is 0 Å². The molecule has 0 spiro atoms. The van der Waals surface area contributed by atoms with Crippen molar-refractivity contribution in [2.75, 3.05) is 38.2 Å². The van der Waals surface area contributed by atoms with Crippen molar-refractivity contribution in [1.82, 2.24) is 25.1 Å². The minimum atomic E-state index is 0. The highest BCUT2D eigenvalue weighted by molar-refractivity contribution is 5.94. The van der Waals surface area contributed by atoms with Crippen molar-refractivity contribution in [3.63, 3.8) is 0 Å². The number of hydrogen-bond acceptors (Lipinski definition) is 6. The molecule has 1 aliphatic rings. The number of aromatic amines is 1. The average Bonchev–Trinajstić information content (AvgIpc) is 3.50. The molecule has 42 heavy (non-hydrogen) atoms. The molecule has 1 aliphatic heterocycles. The lowest BCUT2D eigenvalue weighted by Gasteiger charge is -2.26. The molecule has 3 heterocycles. The van der Waals surface area contributed by atoms with Gasteiger partial charge in [0.1, 0.15) is 5.82 Å². The summed E-state index contributed by atoms with van der Waals surface area (Å²) in [4.78, 5) is 12.6. The van der Waals surface area contributed by atoms with E-state index in [4.69, 9.17) is 14.7 Å². The van der Waals surface area contributed by atoms with Crippen molar-refractivity contribution in [1.29, 1.82) is 0 Å². The van der Waals surface area contributed by atoms with Crippen molar-refractivity contribution in [3.8, 4) is 22.5 Å². The van der Waals surface area contributed by atoms with Crippen LogP contribution in [0, 0.1) is 0 Å². The first-order valence-corrected chi connectivity index (χ1v) is 14.3. The fraction of sp³-hybridized carbons (Fsp3) is 0.229. The standard InChI is InChI=1S/C34H32N6O.CH4/c1-2-6-25(7-3-1)26-9-11-27(12-10-26)33-37-32-14-8-24(5-4-16-40-17-19-41-20-18-40)21-30(32)34(38-33)36-29-13-15-31-28(22-29)23-35-39-31;/h1-3,6-15,21-23H,4-5,16-20H2,(H,35,39)(H,36,37,38);1H4. The second-order valence-electron chi connectivity index (χ2n) is 10.5. The van der Waals surface area contributed by atoms with Crippen LogP contribution >= 0.6 is 0 Å². The molecule has 0 unspecified atom stereocenters. The minimum Gasteiger partial charge on any atom is -0.379 e. The van der Waals surface area contributed by atoms with Gasteiger partial charge < -0.3 is 10.1 Å². The molecule has 0 radical (unpaired) electrons. The van der Waals surface area contributed by atoms with E-state index < -0.39 is 0 Å². The van der Waals surface area contributed by atoms with Gasteiger partial charge >= 0.3 is 0 Å². The molecule has 6 aromatic rings. The van der Waals surface area contributed by atoms with Crippen molar-refractivity contribution < 1.29 is 4.74 Å². The third kappa shape index (κ3) is 6.03. The van der Waals surface area contributed by atoms with E-state index >= 15 is 0 Å². The van der Waals surface area contributed by atoms with Gasteiger partial charge in [0.05, 0.1) is 30.4 Å². The number of hydrogen-bond donors (Lipinski definition) is 2. The third-order valence-electron chi connectivity index (χ3n) is 7.76. The lowest BCUT2D eigenvalue weighted by molar-refractivity contribution is 0.0375. The van der Waals surface area contributed by atoms with Crippen molar-refractivity contribution >= 4 is 33.3 Å². The summed E-state index contributed by atoms with van der Waals surface area (Å²) in [7, 11) is 0. The van der Waals surface area contributed by atoms with Crippen molar-refractivity contribution in [2.24, 2.45) is 0 Å². The number of nitrogens with zero attached hydrogens (tertiary/aromatic N) is 4. The van der Waals surface area contributed by atoms with E-state index in [2.05, 4.69) is 99.3 Å². The molecule has 0 saturated carbocycles. The normalized spacial score (nSPS) is 13.7. The van der Waals surface area contributed by atoms with Crippen LogP contribution in [-0.4, -0.2) is 57.9 Å². The summed E-state index contributed by atoms with van der Waals surface area (Å²) in [5, 5.41) is 12.9. The van der Waals surface area contributed by atoms with Gasteiger partial charge in [-0.05, 0) is 66.4 Å².